The normalized spacial score (nSPS) is 11.3. The van der Waals surface area contributed by atoms with Crippen molar-refractivity contribution < 1.29 is 17.9 Å². The lowest BCUT2D eigenvalue weighted by Gasteiger charge is -2.12. The van der Waals surface area contributed by atoms with Gasteiger partial charge in [-0.05, 0) is 52.2 Å². The molecule has 0 amide bonds. The van der Waals surface area contributed by atoms with Crippen molar-refractivity contribution in [1.29, 1.82) is 0 Å². The number of aryl methyl sites for hydroxylation is 1. The smallest absolute Gasteiger partial charge is 0.405 e. The van der Waals surface area contributed by atoms with Crippen molar-refractivity contribution in [3.8, 4) is 5.75 Å². The molecule has 0 spiro atoms. The van der Waals surface area contributed by atoms with Gasteiger partial charge in [-0.15, -0.1) is 13.2 Å². The van der Waals surface area contributed by atoms with Crippen molar-refractivity contribution >= 4 is 21.6 Å². The van der Waals surface area contributed by atoms with Crippen LogP contribution >= 0.6 is 15.9 Å². The number of anilines is 1. The molecule has 0 unspecified atom stereocenters. The van der Waals surface area contributed by atoms with Crippen LogP contribution in [0.5, 0.6) is 5.75 Å². The maximum Gasteiger partial charge on any atom is 0.573 e. The Hall–Kier alpha value is -1.76. The van der Waals surface area contributed by atoms with Crippen LogP contribution in [0.2, 0.25) is 0 Å². The van der Waals surface area contributed by atoms with Crippen LogP contribution in [-0.4, -0.2) is 11.3 Å². The Morgan fingerprint density at radius 2 is 2.00 bits per heavy atom. The van der Waals surface area contributed by atoms with Crippen molar-refractivity contribution in [2.75, 3.05) is 5.32 Å². The second-order valence-electron chi connectivity index (χ2n) is 4.42. The number of benzene rings is 1. The number of nitrogens with one attached hydrogen (secondary N) is 1. The number of hydrogen-bond donors (Lipinski definition) is 1. The molecule has 0 aliphatic rings. The van der Waals surface area contributed by atoms with E-state index in [1.54, 1.807) is 12.4 Å². The molecule has 0 fully saturated rings. The van der Waals surface area contributed by atoms with Crippen molar-refractivity contribution in [1.82, 2.24) is 4.98 Å². The van der Waals surface area contributed by atoms with Gasteiger partial charge in [-0.3, -0.25) is 4.98 Å². The molecule has 0 bridgehead atoms. The summed E-state index contributed by atoms with van der Waals surface area (Å²) < 4.78 is 40.6. The molecule has 1 heterocycles. The lowest BCUT2D eigenvalue weighted by molar-refractivity contribution is -0.274. The molecular formula is C14H12BrF3N2O. The summed E-state index contributed by atoms with van der Waals surface area (Å²) >= 11 is 3.06. The zero-order valence-electron chi connectivity index (χ0n) is 11.0. The second kappa shape index (κ2) is 6.34. The minimum absolute atomic E-state index is 0.229. The Morgan fingerprint density at radius 3 is 2.62 bits per heavy atom. The number of nitrogens with zero attached hydrogens (tertiary/aromatic N) is 1. The fourth-order valence-corrected chi connectivity index (χ4v) is 2.20. The van der Waals surface area contributed by atoms with E-state index in [2.05, 4.69) is 31.0 Å². The highest BCUT2D eigenvalue weighted by molar-refractivity contribution is 9.10. The molecule has 7 heteroatoms. The van der Waals surface area contributed by atoms with E-state index >= 15 is 0 Å². The highest BCUT2D eigenvalue weighted by Gasteiger charge is 2.31. The summed E-state index contributed by atoms with van der Waals surface area (Å²) in [7, 11) is 0. The number of hydrogen-bond acceptors (Lipinski definition) is 3. The van der Waals surface area contributed by atoms with Crippen LogP contribution in [0.25, 0.3) is 0 Å². The molecule has 0 aliphatic heterocycles. The molecule has 112 valence electrons. The maximum atomic E-state index is 12.2. The van der Waals surface area contributed by atoms with Crippen molar-refractivity contribution in [3.05, 3.63) is 52.3 Å². The largest absolute Gasteiger partial charge is 0.573 e. The molecule has 0 saturated carbocycles. The van der Waals surface area contributed by atoms with Gasteiger partial charge in [-0.1, -0.05) is 6.07 Å². The SMILES string of the molecule is Cc1cncc(CNc2ccc(OC(F)(F)F)c(Br)c2)c1. The van der Waals surface area contributed by atoms with Crippen LogP contribution in [-0.2, 0) is 6.54 Å². The van der Waals surface area contributed by atoms with Crippen molar-refractivity contribution in [3.63, 3.8) is 0 Å². The topological polar surface area (TPSA) is 34.2 Å². The predicted molar refractivity (Wildman–Crippen MR) is 77.1 cm³/mol. The molecule has 0 radical (unpaired) electrons. The Kier molecular flexibility index (Phi) is 4.72. The summed E-state index contributed by atoms with van der Waals surface area (Å²) in [5.41, 5.74) is 2.71. The average Bonchev–Trinajstić information content (AvgIpc) is 2.38. The number of aromatic nitrogens is 1. The minimum atomic E-state index is -4.70. The Bertz CT molecular complexity index is 632. The van der Waals surface area contributed by atoms with Crippen molar-refractivity contribution in [2.24, 2.45) is 0 Å². The summed E-state index contributed by atoms with van der Waals surface area (Å²) in [6.07, 6.45) is -1.22. The highest BCUT2D eigenvalue weighted by Crippen LogP contribution is 2.32. The number of pyridine rings is 1. The summed E-state index contributed by atoms with van der Waals surface area (Å²) in [6.45, 7) is 2.47. The number of ether oxygens (including phenoxy) is 1. The molecule has 2 aromatic rings. The van der Waals surface area contributed by atoms with E-state index in [0.29, 0.717) is 12.2 Å². The van der Waals surface area contributed by atoms with Gasteiger partial charge in [0.2, 0.25) is 0 Å². The number of halogens is 4. The summed E-state index contributed by atoms with van der Waals surface area (Å²) in [6, 6.07) is 6.30. The van der Waals surface area contributed by atoms with Crippen LogP contribution in [0.1, 0.15) is 11.1 Å². The first kappa shape index (κ1) is 15.6. The molecule has 2 rings (SSSR count). The highest BCUT2D eigenvalue weighted by atomic mass is 79.9. The molecular weight excluding hydrogens is 349 g/mol. The van der Waals surface area contributed by atoms with Gasteiger partial charge in [-0.25, -0.2) is 0 Å². The summed E-state index contributed by atoms with van der Waals surface area (Å²) in [5, 5.41) is 3.11. The maximum absolute atomic E-state index is 12.2. The van der Waals surface area contributed by atoms with Gasteiger partial charge in [-0.2, -0.15) is 0 Å². The minimum Gasteiger partial charge on any atom is -0.405 e. The van der Waals surface area contributed by atoms with E-state index in [4.69, 9.17) is 0 Å². The number of alkyl halides is 3. The monoisotopic (exact) mass is 360 g/mol. The van der Waals surface area contributed by atoms with Crippen molar-refractivity contribution in [2.45, 2.75) is 19.8 Å². The molecule has 3 nitrogen and oxygen atoms in total. The first-order valence-corrected chi connectivity index (χ1v) is 6.82. The third-order valence-corrected chi connectivity index (χ3v) is 3.21. The van der Waals surface area contributed by atoms with Gasteiger partial charge in [0.1, 0.15) is 5.75 Å². The van der Waals surface area contributed by atoms with Crippen LogP contribution in [0.3, 0.4) is 0 Å². The number of rotatable bonds is 4. The van der Waals surface area contributed by atoms with Crippen LogP contribution < -0.4 is 10.1 Å². The van der Waals surface area contributed by atoms with Gasteiger partial charge < -0.3 is 10.1 Å². The van der Waals surface area contributed by atoms with Crippen LogP contribution in [0.4, 0.5) is 18.9 Å². The second-order valence-corrected chi connectivity index (χ2v) is 5.27. The van der Waals surface area contributed by atoms with E-state index in [1.807, 2.05) is 13.0 Å². The fourth-order valence-electron chi connectivity index (χ4n) is 1.74. The van der Waals surface area contributed by atoms with Crippen LogP contribution in [0.15, 0.2) is 41.1 Å². The quantitative estimate of drug-likeness (QED) is 0.860. The first-order chi connectivity index (χ1) is 9.83. The molecule has 21 heavy (non-hydrogen) atoms. The molecule has 1 aromatic carbocycles. The Labute approximate surface area is 128 Å². The van der Waals surface area contributed by atoms with Gasteiger partial charge in [0, 0.05) is 24.6 Å². The molecule has 1 N–H and O–H groups in total. The summed E-state index contributed by atoms with van der Waals surface area (Å²) in [5.74, 6) is -0.273. The zero-order valence-corrected chi connectivity index (χ0v) is 12.6. The van der Waals surface area contributed by atoms with E-state index in [0.717, 1.165) is 11.1 Å². The lowest BCUT2D eigenvalue weighted by atomic mass is 10.2. The standard InChI is InChI=1S/C14H12BrF3N2O/c1-9-4-10(7-19-6-9)8-20-11-2-3-13(12(15)5-11)21-14(16,17)18/h2-7,20H,8H2,1H3. The average molecular weight is 361 g/mol. The first-order valence-electron chi connectivity index (χ1n) is 6.03. The lowest BCUT2D eigenvalue weighted by Crippen LogP contribution is -2.17. The van der Waals surface area contributed by atoms with E-state index in [1.165, 1.54) is 18.2 Å². The van der Waals surface area contributed by atoms with Gasteiger partial charge in [0.05, 0.1) is 4.47 Å². The Morgan fingerprint density at radius 1 is 1.24 bits per heavy atom. The third kappa shape index (κ3) is 4.93. The van der Waals surface area contributed by atoms with E-state index in [-0.39, 0.29) is 10.2 Å². The van der Waals surface area contributed by atoms with Gasteiger partial charge >= 0.3 is 6.36 Å². The van der Waals surface area contributed by atoms with E-state index in [9.17, 15) is 13.2 Å². The van der Waals surface area contributed by atoms with Gasteiger partial charge in [0.25, 0.3) is 0 Å². The zero-order chi connectivity index (χ0) is 15.5. The molecule has 0 saturated heterocycles. The Balaban J connectivity index is 2.03. The summed E-state index contributed by atoms with van der Waals surface area (Å²) in [4.78, 5) is 4.07. The third-order valence-electron chi connectivity index (χ3n) is 2.59. The molecule has 1 aromatic heterocycles. The predicted octanol–water partition coefficient (Wildman–Crippen LogP) is 4.66. The van der Waals surface area contributed by atoms with Crippen LogP contribution in [0, 0.1) is 6.92 Å². The fraction of sp³-hybridized carbons (Fsp3) is 0.214. The molecule has 0 aliphatic carbocycles. The van der Waals surface area contributed by atoms with E-state index < -0.39 is 6.36 Å². The van der Waals surface area contributed by atoms with Gasteiger partial charge in [0.15, 0.2) is 0 Å². The molecule has 0 atom stereocenters.